The molecule has 1 atom stereocenters. The van der Waals surface area contributed by atoms with E-state index in [2.05, 4.69) is 15.4 Å². The highest BCUT2D eigenvalue weighted by molar-refractivity contribution is 5.94. The molecular formula is C19H26N4O2. The second-order valence-corrected chi connectivity index (χ2v) is 6.57. The predicted molar refractivity (Wildman–Crippen MR) is 96.2 cm³/mol. The average molecular weight is 342 g/mol. The first-order valence-electron chi connectivity index (χ1n) is 9.12. The number of benzene rings is 1. The molecule has 1 heterocycles. The van der Waals surface area contributed by atoms with Crippen LogP contribution in [0.15, 0.2) is 36.9 Å². The Balaban J connectivity index is 1.53. The van der Waals surface area contributed by atoms with Gasteiger partial charge < -0.3 is 10.1 Å². The average Bonchev–Trinajstić information content (AvgIpc) is 3.15. The summed E-state index contributed by atoms with van der Waals surface area (Å²) >= 11 is 0. The smallest absolute Gasteiger partial charge is 0.253 e. The monoisotopic (exact) mass is 342 g/mol. The maximum absolute atomic E-state index is 12.5. The summed E-state index contributed by atoms with van der Waals surface area (Å²) in [5, 5.41) is 7.06. The van der Waals surface area contributed by atoms with Crippen LogP contribution in [0.5, 0.6) is 0 Å². The maximum atomic E-state index is 12.5. The topological polar surface area (TPSA) is 69.0 Å². The van der Waals surface area contributed by atoms with Crippen molar-refractivity contribution >= 4 is 11.6 Å². The SMILES string of the molecule is CC[C@H](OC1CCCCC1)C(=O)Nc1ccc(Cn2cncn2)cc1. The Kier molecular flexibility index (Phi) is 6.17. The molecule has 0 bridgehead atoms. The van der Waals surface area contributed by atoms with Crippen molar-refractivity contribution in [2.24, 2.45) is 0 Å². The first-order chi connectivity index (χ1) is 12.2. The fraction of sp³-hybridized carbons (Fsp3) is 0.526. The molecule has 25 heavy (non-hydrogen) atoms. The van der Waals surface area contributed by atoms with Crippen molar-refractivity contribution in [3.8, 4) is 0 Å². The summed E-state index contributed by atoms with van der Waals surface area (Å²) in [5.41, 5.74) is 1.90. The normalized spacial score (nSPS) is 16.5. The van der Waals surface area contributed by atoms with Crippen molar-refractivity contribution in [2.75, 3.05) is 5.32 Å². The number of anilines is 1. The Bertz CT molecular complexity index is 649. The van der Waals surface area contributed by atoms with Gasteiger partial charge in [0.05, 0.1) is 12.6 Å². The molecule has 3 rings (SSSR count). The Hall–Kier alpha value is -2.21. The maximum Gasteiger partial charge on any atom is 0.253 e. The molecule has 6 heteroatoms. The van der Waals surface area contributed by atoms with Gasteiger partial charge in [-0.3, -0.25) is 4.79 Å². The quantitative estimate of drug-likeness (QED) is 0.837. The lowest BCUT2D eigenvalue weighted by atomic mass is 9.97. The molecule has 2 aromatic rings. The van der Waals surface area contributed by atoms with Crippen LogP contribution in [0.4, 0.5) is 5.69 Å². The van der Waals surface area contributed by atoms with Gasteiger partial charge in [-0.15, -0.1) is 0 Å². The molecule has 1 fully saturated rings. The van der Waals surface area contributed by atoms with Crippen LogP contribution in [-0.4, -0.2) is 32.9 Å². The molecule has 1 aromatic heterocycles. The van der Waals surface area contributed by atoms with E-state index in [0.29, 0.717) is 13.0 Å². The van der Waals surface area contributed by atoms with Gasteiger partial charge in [0.15, 0.2) is 0 Å². The van der Waals surface area contributed by atoms with Gasteiger partial charge in [-0.2, -0.15) is 5.10 Å². The van der Waals surface area contributed by atoms with Gasteiger partial charge in [-0.05, 0) is 37.0 Å². The van der Waals surface area contributed by atoms with Gasteiger partial charge in [0.25, 0.3) is 5.91 Å². The van der Waals surface area contributed by atoms with E-state index in [9.17, 15) is 4.79 Å². The van der Waals surface area contributed by atoms with Crippen LogP contribution in [0, 0.1) is 0 Å². The number of carbonyl (C=O) groups is 1. The lowest BCUT2D eigenvalue weighted by molar-refractivity contribution is -0.132. The third-order valence-corrected chi connectivity index (χ3v) is 4.60. The third-order valence-electron chi connectivity index (χ3n) is 4.60. The van der Waals surface area contributed by atoms with Crippen molar-refractivity contribution in [2.45, 2.75) is 64.2 Å². The number of nitrogens with zero attached hydrogens (tertiary/aromatic N) is 3. The van der Waals surface area contributed by atoms with Gasteiger partial charge in [0, 0.05) is 5.69 Å². The summed E-state index contributed by atoms with van der Waals surface area (Å²) in [6.07, 6.45) is 9.58. The van der Waals surface area contributed by atoms with Gasteiger partial charge in [0.1, 0.15) is 18.8 Å². The second-order valence-electron chi connectivity index (χ2n) is 6.57. The summed E-state index contributed by atoms with van der Waals surface area (Å²) in [6, 6.07) is 7.80. The minimum Gasteiger partial charge on any atom is -0.365 e. The molecule has 1 saturated carbocycles. The molecule has 1 aliphatic carbocycles. The van der Waals surface area contributed by atoms with Crippen LogP contribution in [0.25, 0.3) is 0 Å². The highest BCUT2D eigenvalue weighted by atomic mass is 16.5. The van der Waals surface area contributed by atoms with Crippen LogP contribution >= 0.6 is 0 Å². The molecule has 1 aromatic carbocycles. The second kappa shape index (κ2) is 8.76. The summed E-state index contributed by atoms with van der Waals surface area (Å²) in [4.78, 5) is 16.4. The Labute approximate surface area is 148 Å². The van der Waals surface area contributed by atoms with Crippen molar-refractivity contribution < 1.29 is 9.53 Å². The van der Waals surface area contributed by atoms with E-state index in [4.69, 9.17) is 4.74 Å². The Morgan fingerprint density at radius 3 is 2.68 bits per heavy atom. The zero-order valence-electron chi connectivity index (χ0n) is 14.7. The molecule has 0 saturated heterocycles. The lowest BCUT2D eigenvalue weighted by Crippen LogP contribution is -2.34. The number of hydrogen-bond acceptors (Lipinski definition) is 4. The van der Waals surface area contributed by atoms with E-state index < -0.39 is 0 Å². The van der Waals surface area contributed by atoms with E-state index in [1.54, 1.807) is 11.0 Å². The largest absolute Gasteiger partial charge is 0.365 e. The molecule has 0 radical (unpaired) electrons. The number of carbonyl (C=O) groups excluding carboxylic acids is 1. The molecule has 6 nitrogen and oxygen atoms in total. The van der Waals surface area contributed by atoms with E-state index in [1.165, 1.54) is 25.6 Å². The van der Waals surface area contributed by atoms with Crippen LogP contribution in [0.2, 0.25) is 0 Å². The molecule has 134 valence electrons. The summed E-state index contributed by atoms with van der Waals surface area (Å²) in [6.45, 7) is 2.66. The van der Waals surface area contributed by atoms with Crippen LogP contribution < -0.4 is 5.32 Å². The number of hydrogen-bond donors (Lipinski definition) is 1. The highest BCUT2D eigenvalue weighted by Crippen LogP contribution is 2.22. The van der Waals surface area contributed by atoms with Crippen LogP contribution in [0.3, 0.4) is 0 Å². The fourth-order valence-corrected chi connectivity index (χ4v) is 3.19. The molecule has 1 N–H and O–H groups in total. The van der Waals surface area contributed by atoms with Gasteiger partial charge >= 0.3 is 0 Å². The van der Waals surface area contributed by atoms with Gasteiger partial charge in [-0.1, -0.05) is 38.3 Å². The number of rotatable bonds is 7. The van der Waals surface area contributed by atoms with E-state index >= 15 is 0 Å². The van der Waals surface area contributed by atoms with Crippen LogP contribution in [-0.2, 0) is 16.1 Å². The minimum absolute atomic E-state index is 0.0582. The van der Waals surface area contributed by atoms with Gasteiger partial charge in [-0.25, -0.2) is 9.67 Å². The fourth-order valence-electron chi connectivity index (χ4n) is 3.19. The van der Waals surface area contributed by atoms with Crippen molar-refractivity contribution in [1.82, 2.24) is 14.8 Å². The highest BCUT2D eigenvalue weighted by Gasteiger charge is 2.23. The summed E-state index contributed by atoms with van der Waals surface area (Å²) in [5.74, 6) is -0.0582. The molecule has 0 spiro atoms. The van der Waals surface area contributed by atoms with Gasteiger partial charge in [0.2, 0.25) is 0 Å². The van der Waals surface area contributed by atoms with E-state index in [0.717, 1.165) is 24.1 Å². The van der Waals surface area contributed by atoms with Crippen molar-refractivity contribution in [3.63, 3.8) is 0 Å². The number of amides is 1. The zero-order valence-corrected chi connectivity index (χ0v) is 14.7. The molecule has 0 unspecified atom stereocenters. The minimum atomic E-state index is -0.377. The van der Waals surface area contributed by atoms with Crippen molar-refractivity contribution in [1.29, 1.82) is 0 Å². The molecule has 1 amide bonds. The summed E-state index contributed by atoms with van der Waals surface area (Å²) in [7, 11) is 0. The van der Waals surface area contributed by atoms with E-state index in [-0.39, 0.29) is 18.1 Å². The Morgan fingerprint density at radius 1 is 1.28 bits per heavy atom. The Morgan fingerprint density at radius 2 is 2.04 bits per heavy atom. The third kappa shape index (κ3) is 5.13. The first kappa shape index (κ1) is 17.6. The predicted octanol–water partition coefficient (Wildman–Crippen LogP) is 3.39. The van der Waals surface area contributed by atoms with Crippen molar-refractivity contribution in [3.05, 3.63) is 42.5 Å². The molecular weight excluding hydrogens is 316 g/mol. The first-order valence-corrected chi connectivity index (χ1v) is 9.12. The van der Waals surface area contributed by atoms with Crippen LogP contribution in [0.1, 0.15) is 51.0 Å². The molecule has 0 aliphatic heterocycles. The number of ether oxygens (including phenoxy) is 1. The lowest BCUT2D eigenvalue weighted by Gasteiger charge is -2.26. The zero-order chi connectivity index (χ0) is 17.5. The summed E-state index contributed by atoms with van der Waals surface area (Å²) < 4.78 is 7.80. The molecule has 1 aliphatic rings. The standard InChI is InChI=1S/C19H26N4O2/c1-2-18(25-17-6-4-3-5-7-17)19(24)22-16-10-8-15(9-11-16)12-23-14-20-13-21-23/h8-11,13-14,17-18H,2-7,12H2,1H3,(H,22,24)/t18-/m0/s1. The van der Waals surface area contributed by atoms with E-state index in [1.807, 2.05) is 31.2 Å². The number of nitrogens with one attached hydrogen (secondary N) is 1. The number of aromatic nitrogens is 3.